The van der Waals surface area contributed by atoms with Gasteiger partial charge < -0.3 is 34.4 Å². The molecule has 4 fully saturated rings. The van der Waals surface area contributed by atoms with Crippen molar-refractivity contribution >= 4 is 23.7 Å². The fraction of sp³-hybridized carbons (Fsp3) is 0.724. The summed E-state index contributed by atoms with van der Waals surface area (Å²) in [4.78, 5) is 58.7. The molecule has 1 spiro atoms. The van der Waals surface area contributed by atoms with Crippen LogP contribution in [0.25, 0.3) is 0 Å². The van der Waals surface area contributed by atoms with E-state index in [1.54, 1.807) is 24.0 Å². The van der Waals surface area contributed by atoms with Gasteiger partial charge in [0.2, 0.25) is 17.7 Å². The van der Waals surface area contributed by atoms with Crippen molar-refractivity contribution in [3.63, 3.8) is 0 Å². The van der Waals surface area contributed by atoms with E-state index < -0.39 is 41.7 Å². The summed E-state index contributed by atoms with van der Waals surface area (Å²) in [7, 11) is 0. The van der Waals surface area contributed by atoms with Crippen molar-refractivity contribution in [3.8, 4) is 0 Å². The van der Waals surface area contributed by atoms with E-state index in [1.165, 1.54) is 4.90 Å². The molecule has 0 aromatic carbocycles. The van der Waals surface area contributed by atoms with Crippen LogP contribution in [0.1, 0.15) is 32.6 Å². The summed E-state index contributed by atoms with van der Waals surface area (Å²) in [6.45, 7) is 13.1. The Balaban J connectivity index is 1.49. The van der Waals surface area contributed by atoms with Crippen molar-refractivity contribution in [1.82, 2.24) is 20.0 Å². The highest BCUT2D eigenvalue weighted by Crippen LogP contribution is 2.58. The van der Waals surface area contributed by atoms with E-state index in [2.05, 4.69) is 23.4 Å². The molecule has 0 saturated carbocycles. The first-order chi connectivity index (χ1) is 19.8. The number of nitrogens with one attached hydrogen (secondary N) is 1. The van der Waals surface area contributed by atoms with E-state index in [0.29, 0.717) is 58.5 Å². The molecule has 41 heavy (non-hydrogen) atoms. The van der Waals surface area contributed by atoms with E-state index in [0.717, 1.165) is 13.1 Å². The highest BCUT2D eigenvalue weighted by Gasteiger charge is 2.75. The molecule has 228 valence electrons. The molecule has 12 heteroatoms. The Morgan fingerprint density at radius 1 is 1.24 bits per heavy atom. The number of β-amino-alcohol motifs (C(OH)–C–C–N with tert-alkyl or cyclic N) is 1. The first-order valence-corrected chi connectivity index (χ1v) is 14.6. The number of carbonyl (C=O) groups is 4. The average molecular weight is 577 g/mol. The van der Waals surface area contributed by atoms with E-state index in [9.17, 15) is 24.3 Å². The predicted molar refractivity (Wildman–Crippen MR) is 148 cm³/mol. The van der Waals surface area contributed by atoms with Gasteiger partial charge in [0.25, 0.3) is 0 Å². The normalized spacial score (nSPS) is 29.6. The van der Waals surface area contributed by atoms with Crippen LogP contribution in [-0.4, -0.2) is 133 Å². The summed E-state index contributed by atoms with van der Waals surface area (Å²) >= 11 is 0. The van der Waals surface area contributed by atoms with Crippen LogP contribution in [0.4, 0.5) is 0 Å². The van der Waals surface area contributed by atoms with Crippen molar-refractivity contribution < 1.29 is 38.5 Å². The number of nitrogens with zero attached hydrogens (tertiary/aromatic N) is 3. The lowest BCUT2D eigenvalue weighted by atomic mass is 9.70. The fourth-order valence-electron chi connectivity index (χ4n) is 6.65. The molecule has 2 N–H and O–H groups in total. The Labute approximate surface area is 241 Å². The predicted octanol–water partition coefficient (Wildman–Crippen LogP) is -0.286. The van der Waals surface area contributed by atoms with Gasteiger partial charge in [0.15, 0.2) is 0 Å². The van der Waals surface area contributed by atoms with Gasteiger partial charge >= 0.3 is 5.97 Å². The maximum atomic E-state index is 14.2. The maximum absolute atomic E-state index is 14.2. The number of carbonyl (C=O) groups excluding carboxylic acids is 4. The number of amides is 3. The van der Waals surface area contributed by atoms with Gasteiger partial charge in [-0.05, 0) is 26.2 Å². The zero-order chi connectivity index (χ0) is 29.6. The molecule has 2 bridgehead atoms. The van der Waals surface area contributed by atoms with Gasteiger partial charge in [-0.2, -0.15) is 0 Å². The molecule has 4 rings (SSSR count). The number of aliphatic hydroxyl groups excluding tert-OH is 1. The smallest absolute Gasteiger partial charge is 0.312 e. The standard InChI is InChI=1S/C29H44N4O8/c1-4-6-7-22(35)30-19-20(3)40-28(38)23-21-8-9-29(41-21)24(23)26(36)33(13-16-34)25(29)27(37)32(10-5-2)12-11-31-14-17-39-18-15-31/h4-5,20-21,23-25,34H,1-2,6-19H2,3H3,(H,30,35)/t20-,21+,23-,24-,25+,29-/m1/s1. The van der Waals surface area contributed by atoms with Gasteiger partial charge in [-0.25, -0.2) is 0 Å². The van der Waals surface area contributed by atoms with Crippen LogP contribution in [-0.2, 0) is 33.4 Å². The second-order valence-corrected chi connectivity index (χ2v) is 11.2. The van der Waals surface area contributed by atoms with E-state index in [4.69, 9.17) is 14.2 Å². The number of fused-ring (bicyclic) bond motifs is 1. The number of hydrogen-bond donors (Lipinski definition) is 2. The van der Waals surface area contributed by atoms with Crippen LogP contribution < -0.4 is 5.32 Å². The lowest BCUT2D eigenvalue weighted by Crippen LogP contribution is -2.57. The Morgan fingerprint density at radius 3 is 2.68 bits per heavy atom. The van der Waals surface area contributed by atoms with Crippen molar-refractivity contribution in [2.45, 2.75) is 56.5 Å². The lowest BCUT2D eigenvalue weighted by Gasteiger charge is -2.37. The summed E-state index contributed by atoms with van der Waals surface area (Å²) in [5.41, 5.74) is -1.17. The van der Waals surface area contributed by atoms with Crippen molar-refractivity contribution in [2.75, 3.05) is 65.6 Å². The van der Waals surface area contributed by atoms with Crippen LogP contribution in [0.2, 0.25) is 0 Å². The third kappa shape index (κ3) is 6.50. The van der Waals surface area contributed by atoms with Gasteiger partial charge in [0.1, 0.15) is 17.7 Å². The molecule has 12 nitrogen and oxygen atoms in total. The van der Waals surface area contributed by atoms with Crippen LogP contribution in [0, 0.1) is 11.8 Å². The number of morpholine rings is 1. The van der Waals surface area contributed by atoms with E-state index in [1.807, 2.05) is 0 Å². The van der Waals surface area contributed by atoms with Gasteiger partial charge in [-0.15, -0.1) is 13.2 Å². The Bertz CT molecular complexity index is 1000. The van der Waals surface area contributed by atoms with Crippen LogP contribution >= 0.6 is 0 Å². The van der Waals surface area contributed by atoms with Crippen molar-refractivity contribution in [2.24, 2.45) is 11.8 Å². The van der Waals surface area contributed by atoms with E-state index in [-0.39, 0.29) is 37.4 Å². The minimum atomic E-state index is -1.17. The topological polar surface area (TPSA) is 138 Å². The molecule has 4 aliphatic heterocycles. The number of likely N-dealkylation sites (tertiary alicyclic amines) is 1. The molecule has 3 amide bonds. The molecule has 0 aromatic heterocycles. The molecule has 4 saturated heterocycles. The largest absolute Gasteiger partial charge is 0.460 e. The summed E-state index contributed by atoms with van der Waals surface area (Å²) < 4.78 is 17.5. The molecule has 4 aliphatic rings. The summed E-state index contributed by atoms with van der Waals surface area (Å²) in [6, 6.07) is -0.957. The fourth-order valence-corrected chi connectivity index (χ4v) is 6.65. The van der Waals surface area contributed by atoms with Crippen LogP contribution in [0.5, 0.6) is 0 Å². The lowest BCUT2D eigenvalue weighted by molar-refractivity contribution is -0.159. The Morgan fingerprint density at radius 2 is 2.00 bits per heavy atom. The van der Waals surface area contributed by atoms with Gasteiger partial charge in [-0.3, -0.25) is 24.1 Å². The molecule has 0 unspecified atom stereocenters. The van der Waals surface area contributed by atoms with E-state index >= 15 is 0 Å². The number of rotatable bonds is 15. The molecule has 4 heterocycles. The number of aliphatic hydroxyl groups is 1. The van der Waals surface area contributed by atoms with Gasteiger partial charge in [0, 0.05) is 45.7 Å². The first kappa shape index (κ1) is 31.1. The summed E-state index contributed by atoms with van der Waals surface area (Å²) in [5, 5.41) is 12.6. The molecule has 0 radical (unpaired) electrons. The molecular formula is C29H44N4O8. The highest BCUT2D eigenvalue weighted by molar-refractivity contribution is 5.98. The Kier molecular flexibility index (Phi) is 10.6. The number of esters is 1. The Hall–Kier alpha value is -2.80. The number of ether oxygens (including phenoxy) is 3. The molecule has 0 aromatic rings. The second-order valence-electron chi connectivity index (χ2n) is 11.2. The van der Waals surface area contributed by atoms with Crippen LogP contribution in [0.3, 0.4) is 0 Å². The molecular weight excluding hydrogens is 532 g/mol. The first-order valence-electron chi connectivity index (χ1n) is 14.6. The quantitative estimate of drug-likeness (QED) is 0.199. The summed E-state index contributed by atoms with van der Waals surface area (Å²) in [5.74, 6) is -3.13. The third-order valence-electron chi connectivity index (χ3n) is 8.58. The minimum Gasteiger partial charge on any atom is -0.460 e. The molecule has 0 aliphatic carbocycles. The highest BCUT2D eigenvalue weighted by atomic mass is 16.6. The molecule has 6 atom stereocenters. The number of hydrogen-bond acceptors (Lipinski definition) is 9. The third-order valence-corrected chi connectivity index (χ3v) is 8.58. The van der Waals surface area contributed by atoms with Gasteiger partial charge in [-0.1, -0.05) is 12.2 Å². The SMILES string of the molecule is C=CCCC(=O)NC[C@@H](C)OC(=O)[C@@H]1[C@@H]2CC[C@]3(O2)[C@H](C(=O)N(CC=C)CCN2CCOCC2)N(CCO)C(=O)[C@@H]13. The summed E-state index contributed by atoms with van der Waals surface area (Å²) in [6.07, 6.45) is 3.98. The minimum absolute atomic E-state index is 0.0399. The van der Waals surface area contributed by atoms with Crippen molar-refractivity contribution in [1.29, 1.82) is 0 Å². The monoisotopic (exact) mass is 576 g/mol. The zero-order valence-corrected chi connectivity index (χ0v) is 24.0. The average Bonchev–Trinajstić information content (AvgIpc) is 3.61. The van der Waals surface area contributed by atoms with Crippen molar-refractivity contribution in [3.05, 3.63) is 25.3 Å². The van der Waals surface area contributed by atoms with Crippen LogP contribution in [0.15, 0.2) is 25.3 Å². The van der Waals surface area contributed by atoms with Gasteiger partial charge in [0.05, 0.1) is 44.3 Å². The zero-order valence-electron chi connectivity index (χ0n) is 24.0. The second kappa shape index (κ2) is 13.9. The maximum Gasteiger partial charge on any atom is 0.312 e. The number of allylic oxidation sites excluding steroid dienone is 1.